The number of rotatable bonds is 4. The van der Waals surface area contributed by atoms with Crippen LogP contribution in [0.4, 0.5) is 0 Å². The summed E-state index contributed by atoms with van der Waals surface area (Å²) < 4.78 is 4.96. The zero-order valence-electron chi connectivity index (χ0n) is 12.0. The number of aryl methyl sites for hydroxylation is 2. The van der Waals surface area contributed by atoms with E-state index in [2.05, 4.69) is 11.9 Å². The zero-order chi connectivity index (χ0) is 14.7. The predicted molar refractivity (Wildman–Crippen MR) is 78.0 cm³/mol. The van der Waals surface area contributed by atoms with E-state index in [1.807, 2.05) is 24.3 Å². The van der Waals surface area contributed by atoms with Crippen LogP contribution in [-0.4, -0.2) is 22.7 Å². The van der Waals surface area contributed by atoms with Gasteiger partial charge in [0.2, 0.25) is 0 Å². The van der Waals surface area contributed by atoms with E-state index in [9.17, 15) is 9.90 Å². The summed E-state index contributed by atoms with van der Waals surface area (Å²) in [6, 6.07) is 7.88. The number of aromatic nitrogens is 1. The molecule has 0 spiro atoms. The lowest BCUT2D eigenvalue weighted by Crippen LogP contribution is -2.05. The van der Waals surface area contributed by atoms with Gasteiger partial charge in [-0.05, 0) is 25.8 Å². The van der Waals surface area contributed by atoms with E-state index in [1.165, 1.54) is 5.56 Å². The van der Waals surface area contributed by atoms with Crippen LogP contribution in [0.15, 0.2) is 24.3 Å². The van der Waals surface area contributed by atoms with Crippen molar-refractivity contribution < 1.29 is 14.6 Å². The lowest BCUT2D eigenvalue weighted by Gasteiger charge is -2.03. The lowest BCUT2D eigenvalue weighted by atomic mass is 10.1. The Kier molecular flexibility index (Phi) is 4.13. The fourth-order valence-corrected chi connectivity index (χ4v) is 2.18. The highest BCUT2D eigenvalue weighted by Gasteiger charge is 2.22. The van der Waals surface area contributed by atoms with Crippen molar-refractivity contribution in [3.8, 4) is 17.0 Å². The third-order valence-electron chi connectivity index (χ3n) is 3.29. The summed E-state index contributed by atoms with van der Waals surface area (Å²) in [5.74, 6) is -0.555. The van der Waals surface area contributed by atoms with Crippen molar-refractivity contribution in [1.29, 1.82) is 0 Å². The van der Waals surface area contributed by atoms with E-state index < -0.39 is 5.97 Å². The number of hydrogen-bond donors (Lipinski definition) is 2. The average molecular weight is 273 g/mol. The molecule has 0 saturated carbocycles. The van der Waals surface area contributed by atoms with Crippen LogP contribution < -0.4 is 0 Å². The van der Waals surface area contributed by atoms with Crippen LogP contribution in [0.5, 0.6) is 5.75 Å². The molecular formula is C16H19NO3. The van der Waals surface area contributed by atoms with E-state index in [-0.39, 0.29) is 17.9 Å². The van der Waals surface area contributed by atoms with Crippen molar-refractivity contribution in [2.45, 2.75) is 27.2 Å². The molecule has 20 heavy (non-hydrogen) atoms. The van der Waals surface area contributed by atoms with Gasteiger partial charge in [0, 0.05) is 11.3 Å². The van der Waals surface area contributed by atoms with Crippen molar-refractivity contribution in [1.82, 2.24) is 4.98 Å². The Bertz CT molecular complexity index is 611. The molecule has 1 aromatic carbocycles. The number of aromatic hydroxyl groups is 1. The fourth-order valence-electron chi connectivity index (χ4n) is 2.18. The van der Waals surface area contributed by atoms with Crippen molar-refractivity contribution in [3.63, 3.8) is 0 Å². The molecule has 0 unspecified atom stereocenters. The summed E-state index contributed by atoms with van der Waals surface area (Å²) in [6.07, 6.45) is 0.962. The Morgan fingerprint density at radius 3 is 2.45 bits per heavy atom. The highest BCUT2D eigenvalue weighted by Crippen LogP contribution is 2.34. The summed E-state index contributed by atoms with van der Waals surface area (Å²) in [5.41, 5.74) is 3.44. The van der Waals surface area contributed by atoms with Crippen LogP contribution in [0.25, 0.3) is 11.3 Å². The van der Waals surface area contributed by atoms with E-state index in [4.69, 9.17) is 4.74 Å². The average Bonchev–Trinajstić information content (AvgIpc) is 2.74. The molecule has 0 aliphatic rings. The molecule has 4 heteroatoms. The second-order valence-electron chi connectivity index (χ2n) is 4.62. The first-order valence-electron chi connectivity index (χ1n) is 6.76. The van der Waals surface area contributed by atoms with Gasteiger partial charge in [-0.1, -0.05) is 31.2 Å². The second kappa shape index (κ2) is 5.82. The van der Waals surface area contributed by atoms with Gasteiger partial charge < -0.3 is 14.8 Å². The first kappa shape index (κ1) is 14.2. The number of benzene rings is 1. The molecule has 0 bridgehead atoms. The number of carbonyl (C=O) groups is 1. The minimum absolute atomic E-state index is 0.0507. The first-order chi connectivity index (χ1) is 9.58. The van der Waals surface area contributed by atoms with Gasteiger partial charge in [-0.2, -0.15) is 0 Å². The minimum Gasteiger partial charge on any atom is -0.505 e. The van der Waals surface area contributed by atoms with Gasteiger partial charge in [-0.3, -0.25) is 0 Å². The maximum absolute atomic E-state index is 11.8. The predicted octanol–water partition coefficient (Wildman–Crippen LogP) is 3.43. The molecular weight excluding hydrogens is 254 g/mol. The molecule has 2 N–H and O–H groups in total. The SMILES string of the molecule is CCOC(=O)c1c(C)[nH]c(-c2ccc(CC)cc2)c1O. The van der Waals surface area contributed by atoms with E-state index in [1.54, 1.807) is 13.8 Å². The van der Waals surface area contributed by atoms with Gasteiger partial charge in [-0.15, -0.1) is 0 Å². The van der Waals surface area contributed by atoms with Gasteiger partial charge in [0.25, 0.3) is 0 Å². The van der Waals surface area contributed by atoms with E-state index >= 15 is 0 Å². The number of esters is 1. The molecule has 0 radical (unpaired) electrons. The number of aromatic amines is 1. The topological polar surface area (TPSA) is 62.3 Å². The molecule has 2 rings (SSSR count). The van der Waals surface area contributed by atoms with Crippen molar-refractivity contribution in [2.75, 3.05) is 6.61 Å². The number of H-pyrrole nitrogens is 1. The minimum atomic E-state index is -0.504. The molecule has 0 atom stereocenters. The number of ether oxygens (including phenoxy) is 1. The Hall–Kier alpha value is -2.23. The van der Waals surface area contributed by atoms with Crippen molar-refractivity contribution >= 4 is 5.97 Å². The zero-order valence-corrected chi connectivity index (χ0v) is 12.0. The summed E-state index contributed by atoms with van der Waals surface area (Å²) in [4.78, 5) is 14.9. The fraction of sp³-hybridized carbons (Fsp3) is 0.312. The molecule has 0 saturated heterocycles. The molecule has 106 valence electrons. The molecule has 2 aromatic rings. The van der Waals surface area contributed by atoms with Gasteiger partial charge in [-0.25, -0.2) is 4.79 Å². The highest BCUT2D eigenvalue weighted by atomic mass is 16.5. The normalized spacial score (nSPS) is 10.6. The quantitative estimate of drug-likeness (QED) is 0.839. The molecule has 4 nitrogen and oxygen atoms in total. The second-order valence-corrected chi connectivity index (χ2v) is 4.62. The maximum atomic E-state index is 11.8. The highest BCUT2D eigenvalue weighted by molar-refractivity contribution is 5.96. The van der Waals surface area contributed by atoms with Crippen LogP contribution >= 0.6 is 0 Å². The van der Waals surface area contributed by atoms with Crippen LogP contribution in [0, 0.1) is 6.92 Å². The van der Waals surface area contributed by atoms with Crippen LogP contribution in [0.1, 0.15) is 35.5 Å². The summed E-state index contributed by atoms with van der Waals surface area (Å²) in [5, 5.41) is 10.3. The molecule has 0 fully saturated rings. The Morgan fingerprint density at radius 2 is 1.90 bits per heavy atom. The first-order valence-corrected chi connectivity index (χ1v) is 6.76. The van der Waals surface area contributed by atoms with Gasteiger partial charge >= 0.3 is 5.97 Å². The summed E-state index contributed by atoms with van der Waals surface area (Å²) in [7, 11) is 0. The van der Waals surface area contributed by atoms with Gasteiger partial charge in [0.15, 0.2) is 5.75 Å². The summed E-state index contributed by atoms with van der Waals surface area (Å²) in [6.45, 7) is 5.85. The summed E-state index contributed by atoms with van der Waals surface area (Å²) >= 11 is 0. The monoisotopic (exact) mass is 273 g/mol. The molecule has 0 amide bonds. The number of carbonyl (C=O) groups excluding carboxylic acids is 1. The van der Waals surface area contributed by atoms with Gasteiger partial charge in [0.1, 0.15) is 5.56 Å². The Morgan fingerprint density at radius 1 is 1.25 bits per heavy atom. The third-order valence-corrected chi connectivity index (χ3v) is 3.29. The largest absolute Gasteiger partial charge is 0.505 e. The molecule has 0 aliphatic heterocycles. The van der Waals surface area contributed by atoms with Crippen molar-refractivity contribution in [3.05, 3.63) is 41.1 Å². The number of nitrogens with one attached hydrogen (secondary N) is 1. The molecule has 1 aromatic heterocycles. The standard InChI is InChI=1S/C16H19NO3/c1-4-11-6-8-12(9-7-11)14-15(18)13(10(3)17-14)16(19)20-5-2/h6-9,17-18H,4-5H2,1-3H3. The molecule has 0 aliphatic carbocycles. The third kappa shape index (κ3) is 2.54. The van der Waals surface area contributed by atoms with Crippen LogP contribution in [-0.2, 0) is 11.2 Å². The maximum Gasteiger partial charge on any atom is 0.343 e. The van der Waals surface area contributed by atoms with E-state index in [0.717, 1.165) is 12.0 Å². The smallest absolute Gasteiger partial charge is 0.343 e. The lowest BCUT2D eigenvalue weighted by molar-refractivity contribution is 0.0522. The van der Waals surface area contributed by atoms with Crippen LogP contribution in [0.2, 0.25) is 0 Å². The van der Waals surface area contributed by atoms with Crippen molar-refractivity contribution in [2.24, 2.45) is 0 Å². The Labute approximate surface area is 118 Å². The number of hydrogen-bond acceptors (Lipinski definition) is 3. The molecule has 1 heterocycles. The van der Waals surface area contributed by atoms with Gasteiger partial charge in [0.05, 0.1) is 12.3 Å². The van der Waals surface area contributed by atoms with Crippen LogP contribution in [0.3, 0.4) is 0 Å². The van der Waals surface area contributed by atoms with E-state index in [0.29, 0.717) is 11.4 Å². The Balaban J connectivity index is 2.42.